The van der Waals surface area contributed by atoms with E-state index in [4.69, 9.17) is 38.0 Å². The Morgan fingerprint density at radius 1 is 1.00 bits per heavy atom. The van der Waals surface area contributed by atoms with E-state index in [1.807, 2.05) is 85.5 Å². The second-order valence-corrected chi connectivity index (χ2v) is 14.6. The van der Waals surface area contributed by atoms with E-state index in [9.17, 15) is 0 Å². The number of amides is 1. The molecule has 1 amide bonds. The number of carbonyl (C=O) groups excluding carboxylic acids is 1. The molecule has 0 N–H and O–H groups in total. The number of anilines is 1. The van der Waals surface area contributed by atoms with Gasteiger partial charge in [0.25, 0.3) is 5.91 Å². The molecule has 8 rings (SSSR count). The zero-order valence-electron chi connectivity index (χ0n) is 30.2. The highest BCUT2D eigenvalue weighted by Gasteiger charge is 2.38. The maximum absolute atomic E-state index is 15.1. The summed E-state index contributed by atoms with van der Waals surface area (Å²) in [4.78, 5) is 22.0. The van der Waals surface area contributed by atoms with E-state index in [0.29, 0.717) is 42.5 Å². The molecule has 0 aliphatic carbocycles. The smallest absolute Gasteiger partial charge is 0.275 e. The van der Waals surface area contributed by atoms with Crippen molar-refractivity contribution < 1.29 is 9.53 Å². The number of nitrogens with zero attached hydrogens (tertiary/aromatic N) is 9. The second kappa shape index (κ2) is 12.8. The molecule has 1 aliphatic heterocycles. The van der Waals surface area contributed by atoms with Gasteiger partial charge in [0.1, 0.15) is 17.0 Å². The highest BCUT2D eigenvalue weighted by molar-refractivity contribution is 6.35. The Labute approximate surface area is 311 Å². The first-order valence-corrected chi connectivity index (χ1v) is 18.1. The van der Waals surface area contributed by atoms with Gasteiger partial charge in [-0.25, -0.2) is 9.67 Å². The number of hydrogen-bond donors (Lipinski definition) is 0. The average molecular weight is 737 g/mol. The fraction of sp³-hybridized carbons (Fsp3) is 0.308. The number of fused-ring (bicyclic) bond motifs is 4. The Morgan fingerprint density at radius 3 is 2.46 bits per heavy atom. The molecule has 0 saturated carbocycles. The van der Waals surface area contributed by atoms with Crippen molar-refractivity contribution in [3.63, 3.8) is 0 Å². The standard InChI is InChI=1S/C39H39Cl2N9O2/c1-21-17-26(18-22(2)35(21)41)52-16-8-9-27-28-10-11-29(40)34(33-24(4)44-47(7)25(33)5)37(28)50-23(3)19-48(39(51)38(27)50)31-20-46(6)30-12-13-32(43-36(30)31)49-15-14-42-45-49/h10-15,17-18,20,23H,8-9,16,19H2,1-7H3/t23-/m1/s1. The van der Waals surface area contributed by atoms with Crippen LogP contribution in [0.25, 0.3) is 38.9 Å². The van der Waals surface area contributed by atoms with Crippen molar-refractivity contribution in [2.45, 2.75) is 53.5 Å². The molecule has 0 spiro atoms. The molecule has 0 saturated heterocycles. The van der Waals surface area contributed by atoms with Crippen molar-refractivity contribution in [1.29, 1.82) is 0 Å². The highest BCUT2D eigenvalue weighted by Crippen LogP contribution is 2.45. The predicted octanol–water partition coefficient (Wildman–Crippen LogP) is 8.28. The third kappa shape index (κ3) is 5.37. The third-order valence-corrected chi connectivity index (χ3v) is 11.2. The van der Waals surface area contributed by atoms with Gasteiger partial charge in [-0.05, 0) is 94.5 Å². The van der Waals surface area contributed by atoms with Crippen molar-refractivity contribution in [3.05, 3.63) is 98.8 Å². The minimum atomic E-state index is -0.0940. The number of ether oxygens (including phenoxy) is 1. The number of aromatic nitrogens is 8. The van der Waals surface area contributed by atoms with Crippen LogP contribution in [0.4, 0.5) is 5.69 Å². The fourth-order valence-corrected chi connectivity index (χ4v) is 8.18. The molecule has 6 heterocycles. The summed E-state index contributed by atoms with van der Waals surface area (Å²) >= 11 is 13.5. The Morgan fingerprint density at radius 2 is 1.77 bits per heavy atom. The van der Waals surface area contributed by atoms with Crippen LogP contribution in [0, 0.1) is 27.7 Å². The van der Waals surface area contributed by atoms with E-state index in [1.165, 1.54) is 0 Å². The number of aryl methyl sites for hydroxylation is 6. The van der Waals surface area contributed by atoms with Crippen molar-refractivity contribution in [3.8, 4) is 22.7 Å². The van der Waals surface area contributed by atoms with Gasteiger partial charge < -0.3 is 18.8 Å². The van der Waals surface area contributed by atoms with E-state index in [2.05, 4.69) is 34.8 Å². The summed E-state index contributed by atoms with van der Waals surface area (Å²) in [5, 5.41) is 15.2. The van der Waals surface area contributed by atoms with Crippen LogP contribution in [0.1, 0.15) is 58.0 Å². The Hall–Kier alpha value is -5.13. The van der Waals surface area contributed by atoms with Crippen molar-refractivity contribution in [1.82, 2.24) is 38.9 Å². The molecule has 0 bridgehead atoms. The van der Waals surface area contributed by atoms with E-state index < -0.39 is 0 Å². The molecular formula is C39H39Cl2N9O2. The summed E-state index contributed by atoms with van der Waals surface area (Å²) in [6, 6.07) is 11.7. The lowest BCUT2D eigenvalue weighted by atomic mass is 9.98. The first kappa shape index (κ1) is 34.0. The van der Waals surface area contributed by atoms with Crippen LogP contribution >= 0.6 is 23.2 Å². The molecule has 0 unspecified atom stereocenters. The minimum Gasteiger partial charge on any atom is -0.494 e. The number of halogens is 2. The summed E-state index contributed by atoms with van der Waals surface area (Å²) in [7, 11) is 3.92. The zero-order valence-corrected chi connectivity index (χ0v) is 31.7. The van der Waals surface area contributed by atoms with Gasteiger partial charge in [-0.1, -0.05) is 34.5 Å². The molecule has 1 aliphatic rings. The van der Waals surface area contributed by atoms with Crippen LogP contribution < -0.4 is 9.64 Å². The number of carbonyl (C=O) groups is 1. The average Bonchev–Trinajstić information content (AvgIpc) is 3.89. The van der Waals surface area contributed by atoms with Gasteiger partial charge in [-0.2, -0.15) is 5.10 Å². The van der Waals surface area contributed by atoms with Crippen molar-refractivity contribution >= 4 is 56.7 Å². The summed E-state index contributed by atoms with van der Waals surface area (Å²) in [6.07, 6.45) is 6.66. The lowest BCUT2D eigenvalue weighted by molar-refractivity contribution is 0.0957. The molecule has 0 radical (unpaired) electrons. The summed E-state index contributed by atoms with van der Waals surface area (Å²) < 4.78 is 14.0. The van der Waals surface area contributed by atoms with Crippen LogP contribution in [-0.4, -0.2) is 58.0 Å². The Balaban J connectivity index is 1.26. The van der Waals surface area contributed by atoms with E-state index in [1.54, 1.807) is 17.1 Å². The Bertz CT molecular complexity index is 2520. The quantitative estimate of drug-likeness (QED) is 0.146. The van der Waals surface area contributed by atoms with E-state index >= 15 is 4.79 Å². The number of rotatable bonds is 8. The van der Waals surface area contributed by atoms with Gasteiger partial charge in [-0.3, -0.25) is 9.48 Å². The lowest BCUT2D eigenvalue weighted by Gasteiger charge is -2.34. The molecule has 5 aromatic heterocycles. The number of pyridine rings is 1. The van der Waals surface area contributed by atoms with Crippen molar-refractivity contribution in [2.75, 3.05) is 18.1 Å². The normalized spacial score (nSPS) is 14.6. The largest absolute Gasteiger partial charge is 0.494 e. The van der Waals surface area contributed by atoms with E-state index in [-0.39, 0.29) is 11.9 Å². The van der Waals surface area contributed by atoms with Gasteiger partial charge in [0.05, 0.1) is 46.4 Å². The van der Waals surface area contributed by atoms with Crippen LogP contribution in [0.5, 0.6) is 5.75 Å². The number of hydrogen-bond acceptors (Lipinski definition) is 6. The molecule has 13 heteroatoms. The molecule has 2 aromatic carbocycles. The first-order valence-electron chi connectivity index (χ1n) is 17.3. The van der Waals surface area contributed by atoms with Gasteiger partial charge in [0.2, 0.25) is 0 Å². The molecule has 0 fully saturated rings. The van der Waals surface area contributed by atoms with Crippen LogP contribution in [0.2, 0.25) is 10.0 Å². The molecule has 266 valence electrons. The lowest BCUT2D eigenvalue weighted by Crippen LogP contribution is -2.42. The molecule has 1 atom stereocenters. The van der Waals surface area contributed by atoms with E-state index in [0.717, 1.165) is 77.6 Å². The number of benzene rings is 2. The predicted molar refractivity (Wildman–Crippen MR) is 205 cm³/mol. The Kier molecular flexibility index (Phi) is 8.38. The van der Waals surface area contributed by atoms with Gasteiger partial charge in [0.15, 0.2) is 5.82 Å². The second-order valence-electron chi connectivity index (χ2n) is 13.8. The molecule has 52 heavy (non-hydrogen) atoms. The molecule has 7 aromatic rings. The maximum atomic E-state index is 15.1. The monoisotopic (exact) mass is 735 g/mol. The summed E-state index contributed by atoms with van der Waals surface area (Å²) in [5.41, 5.74) is 10.7. The maximum Gasteiger partial charge on any atom is 0.275 e. The SMILES string of the molecule is Cc1cc(OCCCc2c3n(c4c(-c5c(C)nn(C)c5C)c(Cl)ccc24)[C@H](C)CN(c2cn(C)c4ccc(-n5ccnn5)nc24)C3=O)cc(C)c1Cl. The van der Waals surface area contributed by atoms with Gasteiger partial charge >= 0.3 is 0 Å². The minimum absolute atomic E-state index is 0.0867. The van der Waals surface area contributed by atoms with Crippen molar-refractivity contribution in [2.24, 2.45) is 14.1 Å². The van der Waals surface area contributed by atoms with Crippen LogP contribution in [0.15, 0.2) is 55.0 Å². The van der Waals surface area contributed by atoms with Gasteiger partial charge in [0, 0.05) is 60.1 Å². The fourth-order valence-electron chi connectivity index (χ4n) is 7.82. The van der Waals surface area contributed by atoms with Crippen LogP contribution in [-0.2, 0) is 20.5 Å². The van der Waals surface area contributed by atoms with Crippen LogP contribution in [0.3, 0.4) is 0 Å². The zero-order chi connectivity index (χ0) is 36.6. The highest BCUT2D eigenvalue weighted by atomic mass is 35.5. The summed E-state index contributed by atoms with van der Waals surface area (Å²) in [6.45, 7) is 11.1. The third-order valence-electron chi connectivity index (χ3n) is 10.3. The summed E-state index contributed by atoms with van der Waals surface area (Å²) in [5.74, 6) is 1.32. The molecule has 11 nitrogen and oxygen atoms in total. The van der Waals surface area contributed by atoms with Gasteiger partial charge in [-0.15, -0.1) is 5.10 Å². The topological polar surface area (TPSA) is 101 Å². The first-order chi connectivity index (χ1) is 24.9. The molecular weight excluding hydrogens is 697 g/mol.